The van der Waals surface area contributed by atoms with Gasteiger partial charge < -0.3 is 5.32 Å². The molecule has 1 unspecified atom stereocenters. The minimum absolute atomic E-state index is 0.438. The lowest BCUT2D eigenvalue weighted by molar-refractivity contribution is 0.596. The number of nitrogens with one attached hydrogen (secondary N) is 1. The highest BCUT2D eigenvalue weighted by Gasteiger charge is 2.14. The van der Waals surface area contributed by atoms with Crippen LogP contribution in [-0.4, -0.2) is 13.1 Å². The fraction of sp³-hybridized carbons (Fsp3) is 0.333. The molecule has 0 bridgehead atoms. The molecule has 2 rings (SSSR count). The highest BCUT2D eigenvalue weighted by molar-refractivity contribution is 7.07. The first-order valence-corrected chi connectivity index (χ1v) is 7.59. The van der Waals surface area contributed by atoms with Gasteiger partial charge in [-0.1, -0.05) is 36.7 Å². The highest BCUT2D eigenvalue weighted by atomic mass is 35.5. The summed E-state index contributed by atoms with van der Waals surface area (Å²) in [5.74, 6) is 0.438. The van der Waals surface area contributed by atoms with Gasteiger partial charge in [0.1, 0.15) is 0 Å². The van der Waals surface area contributed by atoms with Gasteiger partial charge in [0.2, 0.25) is 0 Å². The molecule has 2 aromatic rings. The zero-order valence-electron chi connectivity index (χ0n) is 10.5. The molecule has 0 aliphatic carbocycles. The Bertz CT molecular complexity index is 467. The molecule has 1 aromatic heterocycles. The van der Waals surface area contributed by atoms with Crippen LogP contribution < -0.4 is 5.32 Å². The first-order valence-electron chi connectivity index (χ1n) is 6.27. The van der Waals surface area contributed by atoms with E-state index in [1.807, 2.05) is 12.1 Å². The van der Waals surface area contributed by atoms with Gasteiger partial charge >= 0.3 is 0 Å². The van der Waals surface area contributed by atoms with Crippen LogP contribution in [0.5, 0.6) is 0 Å². The Morgan fingerprint density at radius 3 is 2.78 bits per heavy atom. The Balaban J connectivity index is 2.16. The molecule has 3 heteroatoms. The summed E-state index contributed by atoms with van der Waals surface area (Å²) in [5, 5.41) is 8.65. The maximum absolute atomic E-state index is 6.31. The van der Waals surface area contributed by atoms with E-state index >= 15 is 0 Å². The summed E-state index contributed by atoms with van der Waals surface area (Å²) in [4.78, 5) is 0. The molecule has 0 spiro atoms. The van der Waals surface area contributed by atoms with E-state index in [9.17, 15) is 0 Å². The summed E-state index contributed by atoms with van der Waals surface area (Å²) in [6, 6.07) is 10.4. The van der Waals surface area contributed by atoms with Crippen LogP contribution in [0.3, 0.4) is 0 Å². The summed E-state index contributed by atoms with van der Waals surface area (Å²) in [5.41, 5.74) is 2.63. The standard InChI is InChI=1S/C15H18ClNS/c1-2-17-10-13(9-12-7-8-18-11-12)14-5-3-4-6-15(14)16/h3-8,11,13,17H,2,9-10H2,1H3. The summed E-state index contributed by atoms with van der Waals surface area (Å²) < 4.78 is 0. The quantitative estimate of drug-likeness (QED) is 0.830. The van der Waals surface area contributed by atoms with Crippen LogP contribution in [0, 0.1) is 0 Å². The van der Waals surface area contributed by atoms with E-state index < -0.39 is 0 Å². The third-order valence-electron chi connectivity index (χ3n) is 3.05. The van der Waals surface area contributed by atoms with Crippen molar-refractivity contribution in [1.82, 2.24) is 5.32 Å². The molecule has 1 atom stereocenters. The molecule has 0 aliphatic heterocycles. The molecular formula is C15H18ClNS. The van der Waals surface area contributed by atoms with Gasteiger partial charge in [0, 0.05) is 17.5 Å². The lowest BCUT2D eigenvalue weighted by Crippen LogP contribution is -2.22. The van der Waals surface area contributed by atoms with E-state index in [4.69, 9.17) is 11.6 Å². The number of hydrogen-bond donors (Lipinski definition) is 1. The molecule has 0 saturated heterocycles. The van der Waals surface area contributed by atoms with Gasteiger partial charge in [-0.15, -0.1) is 0 Å². The number of benzene rings is 1. The fourth-order valence-electron chi connectivity index (χ4n) is 2.11. The molecule has 0 radical (unpaired) electrons. The van der Waals surface area contributed by atoms with Crippen LogP contribution in [-0.2, 0) is 6.42 Å². The number of rotatable bonds is 6. The van der Waals surface area contributed by atoms with Crippen molar-refractivity contribution in [2.45, 2.75) is 19.3 Å². The molecular weight excluding hydrogens is 262 g/mol. The predicted molar refractivity (Wildman–Crippen MR) is 80.8 cm³/mol. The molecule has 1 aromatic carbocycles. The topological polar surface area (TPSA) is 12.0 Å². The summed E-state index contributed by atoms with van der Waals surface area (Å²) in [6.45, 7) is 4.09. The summed E-state index contributed by atoms with van der Waals surface area (Å²) in [7, 11) is 0. The smallest absolute Gasteiger partial charge is 0.0441 e. The second-order valence-electron chi connectivity index (χ2n) is 4.36. The van der Waals surface area contributed by atoms with Crippen LogP contribution in [0.4, 0.5) is 0 Å². The van der Waals surface area contributed by atoms with Gasteiger partial charge in [0.25, 0.3) is 0 Å². The average Bonchev–Trinajstić information content (AvgIpc) is 2.88. The maximum Gasteiger partial charge on any atom is 0.0441 e. The van der Waals surface area contributed by atoms with Crippen molar-refractivity contribution in [3.63, 3.8) is 0 Å². The van der Waals surface area contributed by atoms with E-state index in [-0.39, 0.29) is 0 Å². The van der Waals surface area contributed by atoms with Crippen molar-refractivity contribution in [1.29, 1.82) is 0 Å². The lowest BCUT2D eigenvalue weighted by Gasteiger charge is -2.18. The van der Waals surface area contributed by atoms with Crippen molar-refractivity contribution in [2.24, 2.45) is 0 Å². The van der Waals surface area contributed by atoms with Crippen molar-refractivity contribution in [3.8, 4) is 0 Å². The van der Waals surface area contributed by atoms with Gasteiger partial charge in [-0.25, -0.2) is 0 Å². The highest BCUT2D eigenvalue weighted by Crippen LogP contribution is 2.27. The molecule has 1 N–H and O–H groups in total. The molecule has 0 aliphatic rings. The fourth-order valence-corrected chi connectivity index (χ4v) is 3.08. The number of thiophene rings is 1. The summed E-state index contributed by atoms with van der Waals surface area (Å²) in [6.07, 6.45) is 1.04. The van der Waals surface area contributed by atoms with E-state index in [2.05, 4.69) is 41.2 Å². The molecule has 0 saturated carbocycles. The van der Waals surface area contributed by atoms with Gasteiger partial charge in [-0.05, 0) is 47.0 Å². The second-order valence-corrected chi connectivity index (χ2v) is 5.55. The van der Waals surface area contributed by atoms with Gasteiger partial charge in [0.15, 0.2) is 0 Å². The lowest BCUT2D eigenvalue weighted by atomic mass is 9.93. The Morgan fingerprint density at radius 1 is 1.28 bits per heavy atom. The normalized spacial score (nSPS) is 12.6. The van der Waals surface area contributed by atoms with E-state index in [1.165, 1.54) is 11.1 Å². The van der Waals surface area contributed by atoms with Gasteiger partial charge in [0.05, 0.1) is 0 Å². The zero-order valence-corrected chi connectivity index (χ0v) is 12.1. The Morgan fingerprint density at radius 2 is 2.11 bits per heavy atom. The van der Waals surface area contributed by atoms with E-state index in [1.54, 1.807) is 11.3 Å². The van der Waals surface area contributed by atoms with Crippen LogP contribution in [0.25, 0.3) is 0 Å². The van der Waals surface area contributed by atoms with Crippen molar-refractivity contribution >= 4 is 22.9 Å². The minimum Gasteiger partial charge on any atom is -0.316 e. The van der Waals surface area contributed by atoms with E-state index in [0.717, 1.165) is 24.5 Å². The zero-order chi connectivity index (χ0) is 12.8. The molecule has 0 fully saturated rings. The largest absolute Gasteiger partial charge is 0.316 e. The molecule has 0 amide bonds. The molecule has 1 nitrogen and oxygen atoms in total. The SMILES string of the molecule is CCNCC(Cc1ccsc1)c1ccccc1Cl. The third-order valence-corrected chi connectivity index (χ3v) is 4.12. The summed E-state index contributed by atoms with van der Waals surface area (Å²) >= 11 is 8.06. The Kier molecular flexibility index (Phi) is 5.24. The first kappa shape index (κ1) is 13.6. The van der Waals surface area contributed by atoms with Crippen LogP contribution in [0.2, 0.25) is 5.02 Å². The molecule has 96 valence electrons. The monoisotopic (exact) mass is 279 g/mol. The average molecular weight is 280 g/mol. The third kappa shape index (κ3) is 3.58. The Hall–Kier alpha value is -0.830. The van der Waals surface area contributed by atoms with Gasteiger partial charge in [-0.3, -0.25) is 0 Å². The van der Waals surface area contributed by atoms with Crippen LogP contribution in [0.1, 0.15) is 24.0 Å². The molecule has 1 heterocycles. The van der Waals surface area contributed by atoms with Gasteiger partial charge in [-0.2, -0.15) is 11.3 Å². The van der Waals surface area contributed by atoms with Crippen molar-refractivity contribution in [3.05, 3.63) is 57.2 Å². The van der Waals surface area contributed by atoms with Crippen LogP contribution in [0.15, 0.2) is 41.1 Å². The predicted octanol–water partition coefficient (Wildman–Crippen LogP) is 4.34. The Labute approximate surface area is 118 Å². The number of likely N-dealkylation sites (N-methyl/N-ethyl adjacent to an activating group) is 1. The van der Waals surface area contributed by atoms with Crippen LogP contribution >= 0.6 is 22.9 Å². The number of halogens is 1. The maximum atomic E-state index is 6.31. The number of hydrogen-bond acceptors (Lipinski definition) is 2. The minimum atomic E-state index is 0.438. The molecule has 18 heavy (non-hydrogen) atoms. The van der Waals surface area contributed by atoms with Crippen molar-refractivity contribution < 1.29 is 0 Å². The van der Waals surface area contributed by atoms with E-state index in [0.29, 0.717) is 5.92 Å². The second kappa shape index (κ2) is 6.93. The first-order chi connectivity index (χ1) is 8.81. The van der Waals surface area contributed by atoms with Crippen molar-refractivity contribution in [2.75, 3.05) is 13.1 Å².